The minimum atomic E-state index is -3.99. The molecule has 1 fully saturated rings. The third kappa shape index (κ3) is 7.90. The van der Waals surface area contributed by atoms with Crippen LogP contribution >= 0.6 is 0 Å². The molecule has 2 aromatic carbocycles. The van der Waals surface area contributed by atoms with Gasteiger partial charge in [-0.15, -0.1) is 0 Å². The highest BCUT2D eigenvalue weighted by Gasteiger charge is 2.46. The molecule has 192 valence electrons. The number of rotatable bonds is 11. The zero-order valence-corrected chi connectivity index (χ0v) is 23.0. The number of carbonyl (C=O) groups is 1. The number of hydrogen-bond acceptors (Lipinski definition) is 6. The average Bonchev–Trinajstić information content (AvgIpc) is 3.22. The van der Waals surface area contributed by atoms with E-state index in [1.807, 2.05) is 37.3 Å². The van der Waals surface area contributed by atoms with Gasteiger partial charge in [-0.1, -0.05) is 67.7 Å². The van der Waals surface area contributed by atoms with E-state index in [4.69, 9.17) is 13.7 Å². The summed E-state index contributed by atoms with van der Waals surface area (Å²) < 4.78 is 43.0. The molecule has 3 rings (SSSR count). The van der Waals surface area contributed by atoms with E-state index in [0.717, 1.165) is 17.2 Å². The van der Waals surface area contributed by atoms with E-state index in [-0.39, 0.29) is 18.1 Å². The molecule has 1 aliphatic rings. The highest BCUT2D eigenvalue weighted by Crippen LogP contribution is 2.33. The zero-order valence-electron chi connectivity index (χ0n) is 21.2. The predicted molar refractivity (Wildman–Crippen MR) is 139 cm³/mol. The summed E-state index contributed by atoms with van der Waals surface area (Å²) in [7, 11) is -5.36. The number of benzene rings is 2. The highest BCUT2D eigenvalue weighted by molar-refractivity contribution is 7.86. The number of aryl methyl sites for hydroxylation is 1. The van der Waals surface area contributed by atoms with Crippen LogP contribution in [0.4, 0.5) is 4.79 Å². The fraction of sp³-hybridized carbons (Fsp3) is 0.500. The van der Waals surface area contributed by atoms with E-state index in [0.29, 0.717) is 32.6 Å². The summed E-state index contributed by atoms with van der Waals surface area (Å²) >= 11 is 0. The van der Waals surface area contributed by atoms with Crippen molar-refractivity contribution in [2.75, 3.05) is 26.4 Å². The van der Waals surface area contributed by atoms with Crippen LogP contribution in [0.3, 0.4) is 0 Å². The lowest BCUT2D eigenvalue weighted by atomic mass is 9.99. The zero-order chi connectivity index (χ0) is 25.5. The third-order valence-electron chi connectivity index (χ3n) is 6.17. The molecule has 0 N–H and O–H groups in total. The first kappa shape index (κ1) is 27.4. The smallest absolute Gasteiger partial charge is 0.410 e. The molecule has 9 heteroatoms. The molecule has 2 aromatic rings. The van der Waals surface area contributed by atoms with E-state index in [1.54, 1.807) is 17.0 Å². The number of likely N-dealkylation sites (tertiary alicyclic amines) is 1. The fourth-order valence-electron chi connectivity index (χ4n) is 3.98. The van der Waals surface area contributed by atoms with Gasteiger partial charge in [0.25, 0.3) is 10.1 Å². The Morgan fingerprint density at radius 3 is 2.37 bits per heavy atom. The van der Waals surface area contributed by atoms with Gasteiger partial charge in [-0.05, 0) is 43.5 Å². The lowest BCUT2D eigenvalue weighted by Gasteiger charge is -2.37. The lowest BCUT2D eigenvalue weighted by Crippen LogP contribution is -2.54. The van der Waals surface area contributed by atoms with Crippen LogP contribution in [0.1, 0.15) is 24.0 Å². The van der Waals surface area contributed by atoms with Gasteiger partial charge >= 0.3 is 6.09 Å². The van der Waals surface area contributed by atoms with Crippen LogP contribution < -0.4 is 0 Å². The normalized spacial score (nSPS) is 18.6. The van der Waals surface area contributed by atoms with E-state index in [9.17, 15) is 13.2 Å². The van der Waals surface area contributed by atoms with Crippen LogP contribution in [-0.4, -0.2) is 59.4 Å². The van der Waals surface area contributed by atoms with Gasteiger partial charge in [-0.3, -0.25) is 9.08 Å². The van der Waals surface area contributed by atoms with Crippen LogP contribution in [0.15, 0.2) is 59.5 Å². The van der Waals surface area contributed by atoms with Crippen molar-refractivity contribution < 1.29 is 26.9 Å². The Bertz CT molecular complexity index is 1070. The van der Waals surface area contributed by atoms with Crippen molar-refractivity contribution in [2.45, 2.75) is 62.5 Å². The standard InChI is InChI=1S/C26H37NO6SSi/c1-22-11-13-24(14-12-22)34(29,30)33-21-26(20-31-19-23-9-6-5-7-10-23)15-8-16-27(26)25(28)32-17-18-35(2,3)4/h5-7,9-14H,8,15-21H2,1-4H3. The summed E-state index contributed by atoms with van der Waals surface area (Å²) in [5.41, 5.74) is 1.03. The van der Waals surface area contributed by atoms with Gasteiger partial charge in [-0.25, -0.2) is 4.79 Å². The summed E-state index contributed by atoms with van der Waals surface area (Å²) in [6, 6.07) is 17.1. The fourth-order valence-corrected chi connectivity index (χ4v) is 5.68. The molecule has 0 aromatic heterocycles. The molecule has 0 saturated carbocycles. The monoisotopic (exact) mass is 519 g/mol. The van der Waals surface area contributed by atoms with Gasteiger partial charge in [-0.2, -0.15) is 8.42 Å². The molecule has 1 saturated heterocycles. The van der Waals surface area contributed by atoms with Crippen LogP contribution in [0.5, 0.6) is 0 Å². The van der Waals surface area contributed by atoms with E-state index < -0.39 is 29.8 Å². The minimum absolute atomic E-state index is 0.0886. The molecule has 35 heavy (non-hydrogen) atoms. The number of amides is 1. The summed E-state index contributed by atoms with van der Waals surface area (Å²) in [5.74, 6) is 0. The Balaban J connectivity index is 1.75. The van der Waals surface area contributed by atoms with Gasteiger partial charge in [0, 0.05) is 14.6 Å². The largest absolute Gasteiger partial charge is 0.450 e. The number of hydrogen-bond donors (Lipinski definition) is 0. The van der Waals surface area contributed by atoms with Crippen LogP contribution in [-0.2, 0) is 30.4 Å². The molecule has 0 aliphatic carbocycles. The van der Waals surface area contributed by atoms with Gasteiger partial charge in [0.2, 0.25) is 0 Å². The van der Waals surface area contributed by atoms with Crippen molar-refractivity contribution in [2.24, 2.45) is 0 Å². The Morgan fingerprint density at radius 2 is 1.71 bits per heavy atom. The SMILES string of the molecule is Cc1ccc(S(=O)(=O)OCC2(COCc3ccccc3)CCCN2C(=O)OCC[Si](C)(C)C)cc1. The second-order valence-corrected chi connectivity index (χ2v) is 17.6. The van der Waals surface area contributed by atoms with Crippen molar-refractivity contribution in [1.29, 1.82) is 0 Å². The average molecular weight is 520 g/mol. The molecule has 1 unspecified atom stereocenters. The molecule has 1 amide bonds. The Labute approximate surface area is 210 Å². The lowest BCUT2D eigenvalue weighted by molar-refractivity contribution is -0.0166. The van der Waals surface area contributed by atoms with Crippen molar-refractivity contribution in [1.82, 2.24) is 4.90 Å². The first-order valence-corrected chi connectivity index (χ1v) is 17.1. The molecule has 1 heterocycles. The summed E-state index contributed by atoms with van der Waals surface area (Å²) in [4.78, 5) is 14.8. The maximum absolute atomic E-state index is 13.1. The second-order valence-electron chi connectivity index (χ2n) is 10.4. The Morgan fingerprint density at radius 1 is 1.03 bits per heavy atom. The quantitative estimate of drug-likeness (QED) is 0.299. The van der Waals surface area contributed by atoms with Crippen molar-refractivity contribution in [3.05, 3.63) is 65.7 Å². The van der Waals surface area contributed by atoms with E-state index in [2.05, 4.69) is 19.6 Å². The minimum Gasteiger partial charge on any atom is -0.450 e. The summed E-state index contributed by atoms with van der Waals surface area (Å²) in [6.07, 6.45) is 0.834. The van der Waals surface area contributed by atoms with Gasteiger partial charge < -0.3 is 9.47 Å². The maximum atomic E-state index is 13.1. The van der Waals surface area contributed by atoms with Gasteiger partial charge in [0.15, 0.2) is 0 Å². The van der Waals surface area contributed by atoms with Crippen molar-refractivity contribution in [3.63, 3.8) is 0 Å². The first-order valence-electron chi connectivity index (χ1n) is 12.0. The van der Waals surface area contributed by atoms with Crippen LogP contribution in [0.2, 0.25) is 25.7 Å². The maximum Gasteiger partial charge on any atom is 0.410 e. The summed E-state index contributed by atoms with van der Waals surface area (Å²) in [5, 5.41) is 0. The first-order chi connectivity index (χ1) is 16.5. The second kappa shape index (κ2) is 11.7. The Hall–Kier alpha value is -2.20. The topological polar surface area (TPSA) is 82.1 Å². The molecule has 7 nitrogen and oxygen atoms in total. The highest BCUT2D eigenvalue weighted by atomic mass is 32.2. The molecule has 0 spiro atoms. The van der Waals surface area contributed by atoms with E-state index >= 15 is 0 Å². The van der Waals surface area contributed by atoms with Crippen molar-refractivity contribution >= 4 is 24.3 Å². The Kier molecular flexibility index (Phi) is 9.14. The molecule has 1 atom stereocenters. The summed E-state index contributed by atoms with van der Waals surface area (Å²) in [6.45, 7) is 9.69. The number of ether oxygens (including phenoxy) is 2. The molecule has 0 bridgehead atoms. The molecular formula is C26H37NO6SSi. The van der Waals surface area contributed by atoms with Crippen molar-refractivity contribution in [3.8, 4) is 0 Å². The number of carbonyl (C=O) groups excluding carboxylic acids is 1. The number of nitrogens with zero attached hydrogens (tertiary/aromatic N) is 1. The molecular weight excluding hydrogens is 482 g/mol. The molecule has 0 radical (unpaired) electrons. The third-order valence-corrected chi connectivity index (χ3v) is 9.15. The van der Waals surface area contributed by atoms with E-state index in [1.165, 1.54) is 12.1 Å². The van der Waals surface area contributed by atoms with Crippen LogP contribution in [0, 0.1) is 6.92 Å². The van der Waals surface area contributed by atoms with Gasteiger partial charge in [0.1, 0.15) is 0 Å². The van der Waals surface area contributed by atoms with Gasteiger partial charge in [0.05, 0.1) is 36.9 Å². The van der Waals surface area contributed by atoms with Crippen LogP contribution in [0.25, 0.3) is 0 Å². The molecule has 1 aliphatic heterocycles. The predicted octanol–water partition coefficient (Wildman–Crippen LogP) is 5.23.